The number of benzene rings is 1. The lowest BCUT2D eigenvalue weighted by Gasteiger charge is -2.15. The molecule has 3 heterocycles. The highest BCUT2D eigenvalue weighted by Gasteiger charge is 2.33. The van der Waals surface area contributed by atoms with Crippen molar-refractivity contribution in [2.24, 2.45) is 5.73 Å². The molecule has 0 spiro atoms. The third-order valence-electron chi connectivity index (χ3n) is 4.66. The number of aliphatic hydroxyl groups is 1. The SMILES string of the molecule is CC(O)C#Cc1ccc2c(c1)-c1nc(C(N)=O)c(C(=O)N3CCOC3)n1CCO2. The van der Waals surface area contributed by atoms with Crippen LogP contribution in [0.15, 0.2) is 18.2 Å². The zero-order chi connectivity index (χ0) is 20.5. The van der Waals surface area contributed by atoms with E-state index in [1.165, 1.54) is 4.90 Å². The fourth-order valence-electron chi connectivity index (χ4n) is 3.33. The van der Waals surface area contributed by atoms with Gasteiger partial charge in [-0.2, -0.15) is 0 Å². The second-order valence-electron chi connectivity index (χ2n) is 6.76. The highest BCUT2D eigenvalue weighted by molar-refractivity contribution is 6.05. The Morgan fingerprint density at radius 1 is 1.31 bits per heavy atom. The molecule has 2 aliphatic heterocycles. The normalized spacial score (nSPS) is 16.0. The summed E-state index contributed by atoms with van der Waals surface area (Å²) < 4.78 is 12.7. The lowest BCUT2D eigenvalue weighted by molar-refractivity contribution is 0.0679. The van der Waals surface area contributed by atoms with Gasteiger partial charge in [-0.15, -0.1) is 0 Å². The standard InChI is InChI=1S/C20H20N4O5/c1-12(25)2-3-13-4-5-15-14(10-13)19-22-16(18(21)26)17(24(19)7-9-29-15)20(27)23-6-8-28-11-23/h4-5,10,12,25H,6-9,11H2,1H3,(H2,21,26). The van der Waals surface area contributed by atoms with Crippen LogP contribution in [0.1, 0.15) is 33.5 Å². The molecular formula is C20H20N4O5. The van der Waals surface area contributed by atoms with Crippen LogP contribution in [0, 0.1) is 11.8 Å². The quantitative estimate of drug-likeness (QED) is 0.700. The van der Waals surface area contributed by atoms with Crippen molar-refractivity contribution in [2.45, 2.75) is 19.6 Å². The number of imidazole rings is 1. The Morgan fingerprint density at radius 3 is 2.83 bits per heavy atom. The largest absolute Gasteiger partial charge is 0.491 e. The van der Waals surface area contributed by atoms with Crippen LogP contribution in [0.2, 0.25) is 0 Å². The minimum absolute atomic E-state index is 0.0785. The Hall–Kier alpha value is -3.35. The van der Waals surface area contributed by atoms with Crippen LogP contribution in [-0.4, -0.2) is 64.0 Å². The first kappa shape index (κ1) is 19.0. The number of fused-ring (bicyclic) bond motifs is 3. The van der Waals surface area contributed by atoms with Gasteiger partial charge < -0.3 is 29.8 Å². The maximum atomic E-state index is 13.1. The molecule has 2 aromatic rings. The van der Waals surface area contributed by atoms with Gasteiger partial charge in [-0.25, -0.2) is 4.98 Å². The molecule has 2 aliphatic rings. The minimum Gasteiger partial charge on any atom is -0.491 e. The number of ether oxygens (including phenoxy) is 2. The maximum Gasteiger partial charge on any atom is 0.274 e. The van der Waals surface area contributed by atoms with Crippen LogP contribution in [0.4, 0.5) is 0 Å². The minimum atomic E-state index is -0.776. The van der Waals surface area contributed by atoms with Crippen molar-refractivity contribution in [2.75, 3.05) is 26.5 Å². The molecule has 1 unspecified atom stereocenters. The molecule has 0 bridgehead atoms. The summed E-state index contributed by atoms with van der Waals surface area (Å²) in [6.07, 6.45) is -0.764. The van der Waals surface area contributed by atoms with Crippen molar-refractivity contribution in [3.05, 3.63) is 35.2 Å². The third kappa shape index (κ3) is 3.55. The van der Waals surface area contributed by atoms with Crippen LogP contribution >= 0.6 is 0 Å². The third-order valence-corrected chi connectivity index (χ3v) is 4.66. The van der Waals surface area contributed by atoms with Crippen molar-refractivity contribution >= 4 is 11.8 Å². The van der Waals surface area contributed by atoms with Gasteiger partial charge in [-0.3, -0.25) is 9.59 Å². The van der Waals surface area contributed by atoms with Gasteiger partial charge in [0.25, 0.3) is 11.8 Å². The van der Waals surface area contributed by atoms with Crippen LogP contribution in [0.25, 0.3) is 11.4 Å². The van der Waals surface area contributed by atoms with Crippen molar-refractivity contribution in [3.8, 4) is 29.0 Å². The van der Waals surface area contributed by atoms with Crippen molar-refractivity contribution in [1.29, 1.82) is 0 Å². The summed E-state index contributed by atoms with van der Waals surface area (Å²) in [6.45, 7) is 3.23. The lowest BCUT2D eigenvalue weighted by atomic mass is 10.1. The summed E-state index contributed by atoms with van der Waals surface area (Å²) in [7, 11) is 0. The average molecular weight is 396 g/mol. The van der Waals surface area contributed by atoms with Gasteiger partial charge in [0.1, 0.15) is 36.7 Å². The monoisotopic (exact) mass is 396 g/mol. The number of hydrogen-bond donors (Lipinski definition) is 2. The molecule has 3 N–H and O–H groups in total. The molecule has 2 amide bonds. The number of nitrogens with two attached hydrogens (primary N) is 1. The molecular weight excluding hydrogens is 376 g/mol. The highest BCUT2D eigenvalue weighted by atomic mass is 16.5. The highest BCUT2D eigenvalue weighted by Crippen LogP contribution is 2.34. The molecule has 29 heavy (non-hydrogen) atoms. The molecule has 0 saturated carbocycles. The Labute approximate surface area is 167 Å². The van der Waals surface area contributed by atoms with Gasteiger partial charge in [0.2, 0.25) is 0 Å². The Balaban J connectivity index is 1.87. The van der Waals surface area contributed by atoms with Gasteiger partial charge in [-0.05, 0) is 25.1 Å². The van der Waals surface area contributed by atoms with Crippen LogP contribution < -0.4 is 10.5 Å². The van der Waals surface area contributed by atoms with Gasteiger partial charge in [0.05, 0.1) is 18.7 Å². The number of primary amides is 1. The zero-order valence-electron chi connectivity index (χ0n) is 15.8. The van der Waals surface area contributed by atoms with E-state index in [1.54, 1.807) is 29.7 Å². The molecule has 1 aromatic heterocycles. The molecule has 4 rings (SSSR count). The van der Waals surface area contributed by atoms with E-state index in [0.29, 0.717) is 49.0 Å². The Bertz CT molecular complexity index is 1040. The second-order valence-corrected chi connectivity index (χ2v) is 6.76. The number of hydrogen-bond acceptors (Lipinski definition) is 6. The molecule has 9 nitrogen and oxygen atoms in total. The van der Waals surface area contributed by atoms with Crippen LogP contribution in [0.3, 0.4) is 0 Å². The number of rotatable bonds is 2. The van der Waals surface area contributed by atoms with Gasteiger partial charge in [0, 0.05) is 12.1 Å². The fourth-order valence-corrected chi connectivity index (χ4v) is 3.33. The van der Waals surface area contributed by atoms with E-state index < -0.39 is 12.0 Å². The van der Waals surface area contributed by atoms with Crippen LogP contribution in [-0.2, 0) is 11.3 Å². The van der Waals surface area contributed by atoms with Crippen LogP contribution in [0.5, 0.6) is 5.75 Å². The molecule has 9 heteroatoms. The van der Waals surface area contributed by atoms with Crippen molar-refractivity contribution in [1.82, 2.24) is 14.5 Å². The Kier molecular flexibility index (Phi) is 4.96. The first-order chi connectivity index (χ1) is 14.0. The number of amides is 2. The van der Waals surface area contributed by atoms with E-state index in [9.17, 15) is 14.7 Å². The lowest BCUT2D eigenvalue weighted by Crippen LogP contribution is -2.32. The first-order valence-electron chi connectivity index (χ1n) is 9.20. The topological polar surface area (TPSA) is 120 Å². The summed E-state index contributed by atoms with van der Waals surface area (Å²) in [5.74, 6) is 5.41. The summed E-state index contributed by atoms with van der Waals surface area (Å²) in [5.41, 5.74) is 6.83. The molecule has 150 valence electrons. The van der Waals surface area contributed by atoms with E-state index in [4.69, 9.17) is 15.2 Å². The number of nitrogens with zero attached hydrogens (tertiary/aromatic N) is 3. The molecule has 0 radical (unpaired) electrons. The molecule has 1 atom stereocenters. The predicted molar refractivity (Wildman–Crippen MR) is 102 cm³/mol. The number of carbonyl (C=O) groups excluding carboxylic acids is 2. The zero-order valence-corrected chi connectivity index (χ0v) is 15.8. The van der Waals surface area contributed by atoms with Gasteiger partial charge in [-0.1, -0.05) is 11.8 Å². The second kappa shape index (κ2) is 7.58. The van der Waals surface area contributed by atoms with E-state index in [0.717, 1.165) is 0 Å². The van der Waals surface area contributed by atoms with E-state index in [2.05, 4.69) is 16.8 Å². The number of carbonyl (C=O) groups is 2. The van der Waals surface area contributed by atoms with E-state index in [1.807, 2.05) is 0 Å². The molecule has 1 aromatic carbocycles. The predicted octanol–water partition coefficient (Wildman–Crippen LogP) is 0.204. The number of aliphatic hydroxyl groups excluding tert-OH is 1. The van der Waals surface area contributed by atoms with Gasteiger partial charge in [0.15, 0.2) is 5.69 Å². The average Bonchev–Trinajstić information content (AvgIpc) is 3.31. The summed E-state index contributed by atoms with van der Waals surface area (Å²) in [5, 5.41) is 9.40. The Morgan fingerprint density at radius 2 is 2.14 bits per heavy atom. The smallest absolute Gasteiger partial charge is 0.274 e. The molecule has 1 saturated heterocycles. The summed E-state index contributed by atoms with van der Waals surface area (Å²) in [4.78, 5) is 31.0. The summed E-state index contributed by atoms with van der Waals surface area (Å²) >= 11 is 0. The van der Waals surface area contributed by atoms with E-state index >= 15 is 0 Å². The van der Waals surface area contributed by atoms with Gasteiger partial charge >= 0.3 is 0 Å². The first-order valence-corrected chi connectivity index (χ1v) is 9.20. The van der Waals surface area contributed by atoms with E-state index in [-0.39, 0.29) is 24.0 Å². The fraction of sp³-hybridized carbons (Fsp3) is 0.350. The number of aromatic nitrogens is 2. The maximum absolute atomic E-state index is 13.1. The summed E-state index contributed by atoms with van der Waals surface area (Å²) in [6, 6.07) is 5.29. The van der Waals surface area contributed by atoms with Crippen molar-refractivity contribution < 1.29 is 24.2 Å². The van der Waals surface area contributed by atoms with Crippen molar-refractivity contribution in [3.63, 3.8) is 0 Å². The molecule has 0 aliphatic carbocycles. The molecule has 1 fully saturated rings.